The second-order valence-corrected chi connectivity index (χ2v) is 5.15. The van der Waals surface area contributed by atoms with Crippen LogP contribution in [-0.4, -0.2) is 92.9 Å². The third-order valence-corrected chi connectivity index (χ3v) is 3.44. The third-order valence-electron chi connectivity index (χ3n) is 3.44. The summed E-state index contributed by atoms with van der Waals surface area (Å²) < 4.78 is 5.05. The number of carboxylic acid groups (broad SMARTS) is 2. The third kappa shape index (κ3) is 4.20. The Morgan fingerprint density at radius 1 is 1.42 bits per heavy atom. The average molecular weight is 348 g/mol. The van der Waals surface area contributed by atoms with Gasteiger partial charge in [0.1, 0.15) is 24.0 Å². The minimum atomic E-state index is -2.12. The quantitative estimate of drug-likeness (QED) is 0.236. The minimum Gasteiger partial charge on any atom is -0.493 e. The first-order chi connectivity index (χ1) is 11.2. The van der Waals surface area contributed by atoms with Crippen LogP contribution < -0.4 is 5.32 Å². The number of aliphatic imine (C=N–C) groups is 1. The summed E-state index contributed by atoms with van der Waals surface area (Å²) in [5.74, 6) is -2.86. The maximum Gasteiger partial charge on any atom is 0.330 e. The Morgan fingerprint density at radius 2 is 2.04 bits per heavy atom. The van der Waals surface area contributed by atoms with E-state index < -0.39 is 55.2 Å². The molecule has 0 aliphatic heterocycles. The summed E-state index contributed by atoms with van der Waals surface area (Å²) in [6, 6.07) is -1.64. The highest BCUT2D eigenvalue weighted by atomic mass is 16.5. The molecule has 136 valence electrons. The van der Waals surface area contributed by atoms with Crippen molar-refractivity contribution in [2.45, 2.75) is 24.2 Å². The zero-order valence-corrected chi connectivity index (χ0v) is 12.8. The van der Waals surface area contributed by atoms with Gasteiger partial charge < -0.3 is 40.7 Å². The number of carbonyl (C=O) groups is 2. The van der Waals surface area contributed by atoms with Crippen molar-refractivity contribution in [1.82, 2.24) is 5.32 Å². The molecular formula is C13H20N2O9. The summed E-state index contributed by atoms with van der Waals surface area (Å²) in [7, 11) is 1.18. The van der Waals surface area contributed by atoms with Gasteiger partial charge >= 0.3 is 11.9 Å². The Bertz CT molecular complexity index is 560. The molecule has 0 fully saturated rings. The molecule has 0 saturated carbocycles. The van der Waals surface area contributed by atoms with Crippen LogP contribution in [0, 0.1) is 0 Å². The second kappa shape index (κ2) is 8.06. The van der Waals surface area contributed by atoms with Crippen LogP contribution in [0.25, 0.3) is 0 Å². The van der Waals surface area contributed by atoms with Crippen LogP contribution >= 0.6 is 0 Å². The topological polar surface area (TPSA) is 189 Å². The van der Waals surface area contributed by atoms with Crippen LogP contribution in [0.3, 0.4) is 0 Å². The summed E-state index contributed by atoms with van der Waals surface area (Å²) in [5, 5.41) is 59.2. The van der Waals surface area contributed by atoms with Crippen molar-refractivity contribution in [2.24, 2.45) is 4.99 Å². The van der Waals surface area contributed by atoms with Crippen LogP contribution in [-0.2, 0) is 14.3 Å². The molecule has 0 heterocycles. The van der Waals surface area contributed by atoms with Crippen LogP contribution in [0.2, 0.25) is 0 Å². The smallest absolute Gasteiger partial charge is 0.330 e. The van der Waals surface area contributed by atoms with Gasteiger partial charge in [-0.3, -0.25) is 9.79 Å². The summed E-state index contributed by atoms with van der Waals surface area (Å²) in [6.07, 6.45) is -2.18. The lowest BCUT2D eigenvalue weighted by molar-refractivity contribution is -0.139. The van der Waals surface area contributed by atoms with Gasteiger partial charge in [-0.05, 0) is 0 Å². The number of methoxy groups -OCH3 is 1. The van der Waals surface area contributed by atoms with E-state index in [1.54, 1.807) is 0 Å². The van der Waals surface area contributed by atoms with E-state index in [2.05, 4.69) is 10.3 Å². The van der Waals surface area contributed by atoms with Crippen LogP contribution in [0.1, 0.15) is 6.42 Å². The van der Waals surface area contributed by atoms with Crippen molar-refractivity contribution in [3.05, 3.63) is 11.5 Å². The van der Waals surface area contributed by atoms with E-state index in [0.29, 0.717) is 0 Å². The van der Waals surface area contributed by atoms with E-state index in [0.717, 1.165) is 0 Å². The van der Waals surface area contributed by atoms with Gasteiger partial charge in [0.25, 0.3) is 0 Å². The van der Waals surface area contributed by atoms with Crippen molar-refractivity contribution >= 4 is 17.7 Å². The lowest BCUT2D eigenvalue weighted by Gasteiger charge is -2.38. The summed E-state index contributed by atoms with van der Waals surface area (Å²) in [6.45, 7) is -2.33. The highest BCUT2D eigenvalue weighted by molar-refractivity contribution is 6.05. The molecule has 0 spiro atoms. The molecule has 0 amide bonds. The fourth-order valence-electron chi connectivity index (χ4n) is 2.18. The number of aliphatic carboxylic acids is 2. The number of nitrogens with zero attached hydrogens (tertiary/aromatic N) is 1. The second-order valence-electron chi connectivity index (χ2n) is 5.15. The first kappa shape index (κ1) is 19.8. The number of aliphatic hydroxyl groups excluding tert-OH is 3. The first-order valence-electron chi connectivity index (χ1n) is 6.86. The predicted molar refractivity (Wildman–Crippen MR) is 78.3 cm³/mol. The molecule has 0 saturated heterocycles. The molecule has 1 aliphatic rings. The van der Waals surface area contributed by atoms with E-state index in [1.165, 1.54) is 7.11 Å². The molecule has 0 aromatic heterocycles. The lowest BCUT2D eigenvalue weighted by atomic mass is 9.82. The number of carboxylic acids is 2. The fraction of sp³-hybridized carbons (Fsp3) is 0.615. The summed E-state index contributed by atoms with van der Waals surface area (Å²) in [4.78, 5) is 25.4. The standard InChI is InChI=1S/C13H20N2O9/c1-24-10-6(14-3-8(18)19)2-13(23,5-17)11(20)9(10)15-7(4-16)12(21)22/h7,11,14,16-17,20,23H,2-5H2,1H3,(H,18,19)(H,21,22)/t7?,11-,13+/m0/s1. The van der Waals surface area contributed by atoms with E-state index >= 15 is 0 Å². The van der Waals surface area contributed by atoms with E-state index in [9.17, 15) is 24.9 Å². The zero-order valence-electron chi connectivity index (χ0n) is 12.8. The van der Waals surface area contributed by atoms with Gasteiger partial charge in [0, 0.05) is 6.42 Å². The van der Waals surface area contributed by atoms with E-state index in [1.807, 2.05) is 0 Å². The Labute approximate surface area is 136 Å². The molecule has 3 atom stereocenters. The number of hydrogen-bond donors (Lipinski definition) is 7. The van der Waals surface area contributed by atoms with Crippen molar-refractivity contribution in [3.63, 3.8) is 0 Å². The maximum absolute atomic E-state index is 11.0. The Balaban J connectivity index is 3.41. The van der Waals surface area contributed by atoms with Crippen molar-refractivity contribution < 1.29 is 45.0 Å². The van der Waals surface area contributed by atoms with Crippen LogP contribution in [0.5, 0.6) is 0 Å². The van der Waals surface area contributed by atoms with E-state index in [4.69, 9.17) is 20.1 Å². The van der Waals surface area contributed by atoms with Crippen molar-refractivity contribution in [2.75, 3.05) is 26.9 Å². The molecule has 0 radical (unpaired) electrons. The van der Waals surface area contributed by atoms with Gasteiger partial charge in [0.05, 0.1) is 26.0 Å². The highest BCUT2D eigenvalue weighted by Gasteiger charge is 2.46. The maximum atomic E-state index is 11.0. The van der Waals surface area contributed by atoms with Gasteiger partial charge in [0.15, 0.2) is 11.8 Å². The Kier molecular flexibility index (Phi) is 6.66. The fourth-order valence-corrected chi connectivity index (χ4v) is 2.18. The molecule has 11 heteroatoms. The molecule has 1 rings (SSSR count). The molecule has 0 aromatic carbocycles. The zero-order chi connectivity index (χ0) is 18.5. The molecule has 1 unspecified atom stereocenters. The average Bonchev–Trinajstić information content (AvgIpc) is 2.53. The molecule has 0 aromatic rings. The van der Waals surface area contributed by atoms with Crippen LogP contribution in [0.4, 0.5) is 0 Å². The summed E-state index contributed by atoms with van der Waals surface area (Å²) in [5.41, 5.74) is -2.53. The predicted octanol–water partition coefficient (Wildman–Crippen LogP) is -3.11. The monoisotopic (exact) mass is 348 g/mol. The Morgan fingerprint density at radius 3 is 2.46 bits per heavy atom. The highest BCUT2D eigenvalue weighted by Crippen LogP contribution is 2.31. The molecule has 11 nitrogen and oxygen atoms in total. The summed E-state index contributed by atoms with van der Waals surface area (Å²) >= 11 is 0. The Hall–Kier alpha value is -2.21. The lowest BCUT2D eigenvalue weighted by Crippen LogP contribution is -2.55. The molecule has 1 aliphatic carbocycles. The van der Waals surface area contributed by atoms with Gasteiger partial charge in [-0.15, -0.1) is 0 Å². The van der Waals surface area contributed by atoms with Gasteiger partial charge in [-0.2, -0.15) is 0 Å². The van der Waals surface area contributed by atoms with Gasteiger partial charge in [-0.25, -0.2) is 4.79 Å². The molecule has 0 bridgehead atoms. The van der Waals surface area contributed by atoms with E-state index in [-0.39, 0.29) is 17.9 Å². The first-order valence-corrected chi connectivity index (χ1v) is 6.86. The number of ether oxygens (including phenoxy) is 1. The minimum absolute atomic E-state index is 0.0163. The number of nitrogens with one attached hydrogen (secondary N) is 1. The van der Waals surface area contributed by atoms with Crippen LogP contribution in [0.15, 0.2) is 16.4 Å². The molecule has 7 N–H and O–H groups in total. The molecular weight excluding hydrogens is 328 g/mol. The molecule has 24 heavy (non-hydrogen) atoms. The van der Waals surface area contributed by atoms with Crippen molar-refractivity contribution in [3.8, 4) is 0 Å². The SMILES string of the molecule is COC1=C(NCC(=O)O)C[C@@](O)(CO)[C@@H](O)C1=NC(CO)C(=O)O. The van der Waals surface area contributed by atoms with Gasteiger partial charge in [0.2, 0.25) is 0 Å². The number of aliphatic hydroxyl groups is 4. The largest absolute Gasteiger partial charge is 0.493 e. The normalized spacial score (nSPS) is 27.0. The number of hydrogen-bond acceptors (Lipinski definition) is 9. The number of rotatable bonds is 8. The van der Waals surface area contributed by atoms with Crippen molar-refractivity contribution in [1.29, 1.82) is 0 Å². The van der Waals surface area contributed by atoms with Gasteiger partial charge in [-0.1, -0.05) is 0 Å².